The van der Waals surface area contributed by atoms with E-state index in [4.69, 9.17) is 4.42 Å². The van der Waals surface area contributed by atoms with Gasteiger partial charge in [0.05, 0.1) is 12.0 Å². The summed E-state index contributed by atoms with van der Waals surface area (Å²) >= 11 is 0. The lowest BCUT2D eigenvalue weighted by Crippen LogP contribution is -1.85. The maximum absolute atomic E-state index is 10.4. The third-order valence-electron chi connectivity index (χ3n) is 1.76. The average Bonchev–Trinajstić information content (AvgIpc) is 2.49. The first-order chi connectivity index (χ1) is 6.25. The van der Waals surface area contributed by atoms with Crippen molar-refractivity contribution in [2.45, 2.75) is 5.75 Å². The summed E-state index contributed by atoms with van der Waals surface area (Å²) in [5.74, 6) is 0.0615. The van der Waals surface area contributed by atoms with E-state index in [1.54, 1.807) is 18.2 Å². The van der Waals surface area contributed by atoms with Gasteiger partial charge in [-0.3, -0.25) is 0 Å². The standard InChI is InChI=1S/C9H7O3S/c10-13(11)6-7-1-2-8-3-4-12-9(8)5-7/h1-2,4-5,13H,6H2. The largest absolute Gasteiger partial charge is 0.464 e. The molecule has 1 aromatic carbocycles. The van der Waals surface area contributed by atoms with Gasteiger partial charge in [0.25, 0.3) is 0 Å². The van der Waals surface area contributed by atoms with Crippen LogP contribution in [0.3, 0.4) is 0 Å². The minimum absolute atomic E-state index is 0.0615. The highest BCUT2D eigenvalue weighted by Gasteiger charge is 1.99. The van der Waals surface area contributed by atoms with Gasteiger partial charge in [-0.25, -0.2) is 8.42 Å². The fourth-order valence-electron chi connectivity index (χ4n) is 1.19. The maximum atomic E-state index is 10.4. The Labute approximate surface area is 76.9 Å². The van der Waals surface area contributed by atoms with E-state index in [1.807, 2.05) is 0 Å². The number of benzene rings is 1. The maximum Gasteiger partial charge on any atom is 0.144 e. The summed E-state index contributed by atoms with van der Waals surface area (Å²) in [4.78, 5) is 0. The van der Waals surface area contributed by atoms with Crippen molar-refractivity contribution in [2.24, 2.45) is 0 Å². The van der Waals surface area contributed by atoms with Crippen LogP contribution in [0.1, 0.15) is 5.56 Å². The summed E-state index contributed by atoms with van der Waals surface area (Å²) in [5.41, 5.74) is 1.42. The van der Waals surface area contributed by atoms with Gasteiger partial charge in [0.15, 0.2) is 0 Å². The SMILES string of the molecule is O=[SH](=O)Cc1ccc2[c]coc2c1. The zero-order valence-corrected chi connectivity index (χ0v) is 7.58. The highest BCUT2D eigenvalue weighted by Crippen LogP contribution is 2.16. The monoisotopic (exact) mass is 195 g/mol. The second kappa shape index (κ2) is 3.22. The van der Waals surface area contributed by atoms with Gasteiger partial charge in [0.2, 0.25) is 0 Å². The summed E-state index contributed by atoms with van der Waals surface area (Å²) in [5, 5.41) is 0.866. The molecule has 0 saturated heterocycles. The first-order valence-electron chi connectivity index (χ1n) is 3.75. The van der Waals surface area contributed by atoms with Crippen molar-refractivity contribution in [3.8, 4) is 0 Å². The van der Waals surface area contributed by atoms with Crippen molar-refractivity contribution in [3.05, 3.63) is 36.1 Å². The Bertz CT molecular complexity index is 488. The molecule has 1 heterocycles. The van der Waals surface area contributed by atoms with E-state index in [-0.39, 0.29) is 5.75 Å². The van der Waals surface area contributed by atoms with Gasteiger partial charge < -0.3 is 4.42 Å². The molecule has 13 heavy (non-hydrogen) atoms. The van der Waals surface area contributed by atoms with Crippen LogP contribution in [0.25, 0.3) is 11.0 Å². The molecule has 0 atom stereocenters. The molecule has 0 bridgehead atoms. The summed E-state index contributed by atoms with van der Waals surface area (Å²) in [6.45, 7) is 0. The number of fused-ring (bicyclic) bond motifs is 1. The number of thiol groups is 1. The zero-order valence-electron chi connectivity index (χ0n) is 6.69. The molecule has 0 aliphatic heterocycles. The van der Waals surface area contributed by atoms with E-state index in [2.05, 4.69) is 6.07 Å². The lowest BCUT2D eigenvalue weighted by Gasteiger charge is -1.93. The van der Waals surface area contributed by atoms with Crippen molar-refractivity contribution in [3.63, 3.8) is 0 Å². The van der Waals surface area contributed by atoms with Gasteiger partial charge in [-0.15, -0.1) is 0 Å². The van der Waals surface area contributed by atoms with Crippen molar-refractivity contribution < 1.29 is 12.8 Å². The highest BCUT2D eigenvalue weighted by molar-refractivity contribution is 7.71. The lowest BCUT2D eigenvalue weighted by molar-refractivity contribution is 0.612. The molecular weight excluding hydrogens is 188 g/mol. The Hall–Kier alpha value is -1.29. The predicted molar refractivity (Wildman–Crippen MR) is 49.1 cm³/mol. The molecule has 4 heteroatoms. The van der Waals surface area contributed by atoms with Crippen LogP contribution in [0.5, 0.6) is 0 Å². The Balaban J connectivity index is 2.48. The van der Waals surface area contributed by atoms with Gasteiger partial charge in [-0.2, -0.15) is 0 Å². The van der Waals surface area contributed by atoms with Crippen LogP contribution in [0.2, 0.25) is 0 Å². The normalized spacial score (nSPS) is 11.2. The van der Waals surface area contributed by atoms with Crippen LogP contribution in [0.4, 0.5) is 0 Å². The Morgan fingerprint density at radius 2 is 2.23 bits per heavy atom. The van der Waals surface area contributed by atoms with Crippen LogP contribution in [-0.4, -0.2) is 8.42 Å². The molecule has 0 saturated carbocycles. The lowest BCUT2D eigenvalue weighted by atomic mass is 10.2. The van der Waals surface area contributed by atoms with Crippen LogP contribution in [0, 0.1) is 6.07 Å². The predicted octanol–water partition coefficient (Wildman–Crippen LogP) is 1.34. The minimum atomic E-state index is -2.37. The fourth-order valence-corrected chi connectivity index (χ4v) is 1.68. The molecule has 0 aliphatic rings. The van der Waals surface area contributed by atoms with Crippen molar-refractivity contribution >= 4 is 21.7 Å². The van der Waals surface area contributed by atoms with E-state index < -0.39 is 10.7 Å². The van der Waals surface area contributed by atoms with Gasteiger partial charge in [-0.05, 0) is 11.6 Å². The van der Waals surface area contributed by atoms with E-state index >= 15 is 0 Å². The molecule has 0 spiro atoms. The molecule has 3 nitrogen and oxygen atoms in total. The second-order valence-electron chi connectivity index (χ2n) is 2.70. The Morgan fingerprint density at radius 1 is 1.38 bits per heavy atom. The van der Waals surface area contributed by atoms with Gasteiger partial charge >= 0.3 is 0 Å². The number of hydrogen-bond acceptors (Lipinski definition) is 3. The molecule has 0 aliphatic carbocycles. The number of hydrogen-bond donors (Lipinski definition) is 1. The third kappa shape index (κ3) is 1.72. The summed E-state index contributed by atoms with van der Waals surface area (Å²) < 4.78 is 26.0. The highest BCUT2D eigenvalue weighted by atomic mass is 32.2. The van der Waals surface area contributed by atoms with E-state index in [1.165, 1.54) is 6.26 Å². The number of rotatable bonds is 2. The van der Waals surface area contributed by atoms with E-state index in [9.17, 15) is 8.42 Å². The van der Waals surface area contributed by atoms with Crippen LogP contribution >= 0.6 is 0 Å². The van der Waals surface area contributed by atoms with Crippen LogP contribution in [0.15, 0.2) is 28.9 Å². The second-order valence-corrected chi connectivity index (χ2v) is 3.68. The van der Waals surface area contributed by atoms with E-state index in [0.29, 0.717) is 5.58 Å². The molecule has 2 rings (SSSR count). The molecule has 0 unspecified atom stereocenters. The molecular formula is C9H7O3S. The molecule has 1 aromatic heterocycles. The van der Waals surface area contributed by atoms with Gasteiger partial charge in [0.1, 0.15) is 16.3 Å². The average molecular weight is 195 g/mol. The summed E-state index contributed by atoms with van der Waals surface area (Å²) in [6, 6.07) is 8.16. The third-order valence-corrected chi connectivity index (χ3v) is 2.38. The van der Waals surface area contributed by atoms with Crippen LogP contribution < -0.4 is 0 Å². The van der Waals surface area contributed by atoms with E-state index in [0.717, 1.165) is 10.9 Å². The molecule has 1 radical (unpaired) electrons. The van der Waals surface area contributed by atoms with Gasteiger partial charge in [-0.1, -0.05) is 12.1 Å². The fraction of sp³-hybridized carbons (Fsp3) is 0.111. The van der Waals surface area contributed by atoms with Crippen molar-refractivity contribution in [2.75, 3.05) is 0 Å². The minimum Gasteiger partial charge on any atom is -0.464 e. The topological polar surface area (TPSA) is 47.3 Å². The summed E-state index contributed by atoms with van der Waals surface area (Å²) in [6.07, 6.45) is 1.46. The van der Waals surface area contributed by atoms with Crippen molar-refractivity contribution in [1.82, 2.24) is 0 Å². The first kappa shape index (κ1) is 8.31. The van der Waals surface area contributed by atoms with Gasteiger partial charge in [0, 0.05) is 11.5 Å². The number of furan rings is 1. The molecule has 0 N–H and O–H groups in total. The quantitative estimate of drug-likeness (QED) is 0.736. The Morgan fingerprint density at radius 3 is 3.00 bits per heavy atom. The van der Waals surface area contributed by atoms with Crippen molar-refractivity contribution in [1.29, 1.82) is 0 Å². The smallest absolute Gasteiger partial charge is 0.144 e. The Kier molecular flexibility index (Phi) is 2.06. The molecule has 0 fully saturated rings. The molecule has 2 aromatic rings. The van der Waals surface area contributed by atoms with Crippen LogP contribution in [-0.2, 0) is 16.5 Å². The molecule has 67 valence electrons. The zero-order chi connectivity index (χ0) is 9.26. The molecule has 0 amide bonds. The first-order valence-corrected chi connectivity index (χ1v) is 5.11. The summed E-state index contributed by atoms with van der Waals surface area (Å²) in [7, 11) is -2.37.